The number of hydrogen-bond acceptors (Lipinski definition) is 5. The zero-order chi connectivity index (χ0) is 19.6. The van der Waals surface area contributed by atoms with Crippen molar-refractivity contribution in [3.8, 4) is 11.3 Å². The SMILES string of the molecule is Nc1ncc(-c2cc(C3C4CN(C5COC5)C[C@@H]43)n(CC(F)(F)F)n2)cc1Cl. The topological polar surface area (TPSA) is 69.2 Å². The number of nitrogens with zero attached hydrogens (tertiary/aromatic N) is 4. The molecular weight excluding hydrogens is 395 g/mol. The molecule has 0 radical (unpaired) electrons. The highest BCUT2D eigenvalue weighted by Crippen LogP contribution is 2.59. The first kappa shape index (κ1) is 18.2. The molecule has 2 aromatic heterocycles. The Bertz CT molecular complexity index is 901. The Kier molecular flexibility index (Phi) is 4.12. The van der Waals surface area contributed by atoms with Gasteiger partial charge in [-0.25, -0.2) is 4.98 Å². The largest absolute Gasteiger partial charge is 0.408 e. The molecule has 2 N–H and O–H groups in total. The first-order chi connectivity index (χ1) is 13.3. The molecule has 150 valence electrons. The van der Waals surface area contributed by atoms with Gasteiger partial charge >= 0.3 is 6.18 Å². The number of hydrogen-bond donors (Lipinski definition) is 1. The van der Waals surface area contributed by atoms with Crippen molar-refractivity contribution < 1.29 is 17.9 Å². The molecule has 0 amide bonds. The maximum absolute atomic E-state index is 13.1. The molecule has 4 heterocycles. The van der Waals surface area contributed by atoms with E-state index in [1.807, 2.05) is 0 Å². The molecule has 0 bridgehead atoms. The summed E-state index contributed by atoms with van der Waals surface area (Å²) >= 11 is 6.02. The van der Waals surface area contributed by atoms with Crippen LogP contribution in [-0.2, 0) is 11.3 Å². The molecule has 1 saturated carbocycles. The molecule has 0 aromatic carbocycles. The summed E-state index contributed by atoms with van der Waals surface area (Å²) < 4.78 is 45.7. The fourth-order valence-corrected chi connectivity index (χ4v) is 4.62. The maximum atomic E-state index is 13.1. The third kappa shape index (κ3) is 3.15. The summed E-state index contributed by atoms with van der Waals surface area (Å²) in [5, 5.41) is 4.49. The van der Waals surface area contributed by atoms with Crippen LogP contribution in [0.15, 0.2) is 18.3 Å². The van der Waals surface area contributed by atoms with Crippen LogP contribution in [0, 0.1) is 11.8 Å². The molecule has 3 aliphatic rings. The number of rotatable bonds is 4. The van der Waals surface area contributed by atoms with Gasteiger partial charge in [0.15, 0.2) is 0 Å². The van der Waals surface area contributed by atoms with E-state index < -0.39 is 12.7 Å². The molecule has 1 aliphatic carbocycles. The minimum Gasteiger partial charge on any atom is -0.382 e. The summed E-state index contributed by atoms with van der Waals surface area (Å²) in [6, 6.07) is 3.79. The van der Waals surface area contributed by atoms with Crippen LogP contribution in [0.5, 0.6) is 0 Å². The van der Waals surface area contributed by atoms with Crippen molar-refractivity contribution >= 4 is 17.4 Å². The van der Waals surface area contributed by atoms with Crippen LogP contribution < -0.4 is 5.73 Å². The van der Waals surface area contributed by atoms with E-state index in [0.717, 1.165) is 31.0 Å². The number of likely N-dealkylation sites (tertiary alicyclic amines) is 1. The minimum atomic E-state index is -4.34. The summed E-state index contributed by atoms with van der Waals surface area (Å²) in [4.78, 5) is 6.38. The molecule has 2 aromatic rings. The molecule has 2 saturated heterocycles. The van der Waals surface area contributed by atoms with Crippen molar-refractivity contribution in [2.24, 2.45) is 11.8 Å². The van der Waals surface area contributed by atoms with E-state index in [-0.39, 0.29) is 16.8 Å². The lowest BCUT2D eigenvalue weighted by atomic mass is 10.1. The molecule has 10 heteroatoms. The number of alkyl halides is 3. The molecule has 5 rings (SSSR count). The maximum Gasteiger partial charge on any atom is 0.408 e. The summed E-state index contributed by atoms with van der Waals surface area (Å²) in [7, 11) is 0. The van der Waals surface area contributed by atoms with Gasteiger partial charge in [-0.05, 0) is 24.0 Å². The normalized spacial score (nSPS) is 27.6. The molecule has 0 spiro atoms. The predicted molar refractivity (Wildman–Crippen MR) is 96.8 cm³/mol. The Morgan fingerprint density at radius 3 is 2.50 bits per heavy atom. The van der Waals surface area contributed by atoms with Crippen molar-refractivity contribution in [3.05, 3.63) is 29.0 Å². The zero-order valence-electron chi connectivity index (χ0n) is 14.9. The van der Waals surface area contributed by atoms with E-state index in [1.54, 1.807) is 12.1 Å². The van der Waals surface area contributed by atoms with Gasteiger partial charge in [0.1, 0.15) is 12.4 Å². The number of halogens is 4. The lowest BCUT2D eigenvalue weighted by molar-refractivity contribution is -0.143. The van der Waals surface area contributed by atoms with Gasteiger partial charge in [0, 0.05) is 36.5 Å². The number of fused-ring (bicyclic) bond motifs is 1. The van der Waals surface area contributed by atoms with Crippen LogP contribution >= 0.6 is 11.6 Å². The fraction of sp³-hybridized carbons (Fsp3) is 0.556. The molecule has 3 fully saturated rings. The third-order valence-electron chi connectivity index (χ3n) is 6.01. The minimum absolute atomic E-state index is 0.109. The summed E-state index contributed by atoms with van der Waals surface area (Å²) in [5.41, 5.74) is 7.26. The zero-order valence-corrected chi connectivity index (χ0v) is 15.6. The molecule has 6 nitrogen and oxygen atoms in total. The molecule has 2 unspecified atom stereocenters. The number of anilines is 1. The van der Waals surface area contributed by atoms with Gasteiger partial charge in [-0.15, -0.1) is 0 Å². The molecule has 3 atom stereocenters. The van der Waals surface area contributed by atoms with Crippen LogP contribution in [0.3, 0.4) is 0 Å². The smallest absolute Gasteiger partial charge is 0.382 e. The average Bonchev–Trinajstić information content (AvgIpc) is 2.91. The van der Waals surface area contributed by atoms with Gasteiger partial charge < -0.3 is 10.5 Å². The van der Waals surface area contributed by atoms with E-state index in [4.69, 9.17) is 22.1 Å². The Morgan fingerprint density at radius 2 is 1.93 bits per heavy atom. The number of ether oxygens (including phenoxy) is 1. The second kappa shape index (κ2) is 6.33. The quantitative estimate of drug-likeness (QED) is 0.834. The summed E-state index contributed by atoms with van der Waals surface area (Å²) in [6.45, 7) is 2.22. The monoisotopic (exact) mass is 413 g/mol. The second-order valence-electron chi connectivity index (χ2n) is 7.82. The van der Waals surface area contributed by atoms with Crippen molar-refractivity contribution in [2.45, 2.75) is 24.7 Å². The first-order valence-corrected chi connectivity index (χ1v) is 9.55. The van der Waals surface area contributed by atoms with E-state index >= 15 is 0 Å². The van der Waals surface area contributed by atoms with Crippen molar-refractivity contribution in [1.82, 2.24) is 19.7 Å². The van der Waals surface area contributed by atoms with Gasteiger partial charge in [-0.1, -0.05) is 11.6 Å². The Morgan fingerprint density at radius 1 is 1.21 bits per heavy atom. The van der Waals surface area contributed by atoms with Gasteiger partial charge in [-0.3, -0.25) is 9.58 Å². The van der Waals surface area contributed by atoms with E-state index in [9.17, 15) is 13.2 Å². The third-order valence-corrected chi connectivity index (χ3v) is 6.31. The summed E-state index contributed by atoms with van der Waals surface area (Å²) in [6.07, 6.45) is -2.86. The highest BCUT2D eigenvalue weighted by Gasteiger charge is 2.59. The Labute approximate surface area is 164 Å². The van der Waals surface area contributed by atoms with Gasteiger partial charge in [0.25, 0.3) is 0 Å². The van der Waals surface area contributed by atoms with Crippen LogP contribution in [0.25, 0.3) is 11.3 Å². The number of nitrogen functional groups attached to an aromatic ring is 1. The van der Waals surface area contributed by atoms with Crippen LogP contribution in [0.2, 0.25) is 5.02 Å². The Hall–Kier alpha value is -1.84. The predicted octanol–water partition coefficient (Wildman–Crippen LogP) is 2.79. The van der Waals surface area contributed by atoms with Crippen LogP contribution in [0.4, 0.5) is 19.0 Å². The highest BCUT2D eigenvalue weighted by molar-refractivity contribution is 6.33. The highest BCUT2D eigenvalue weighted by atomic mass is 35.5. The number of pyridine rings is 1. The number of aromatic nitrogens is 3. The van der Waals surface area contributed by atoms with Crippen molar-refractivity contribution in [2.75, 3.05) is 32.0 Å². The molecular formula is C18H19ClF3N5O. The van der Waals surface area contributed by atoms with Crippen LogP contribution in [0.1, 0.15) is 11.6 Å². The lowest BCUT2D eigenvalue weighted by Crippen LogP contribution is -2.48. The average molecular weight is 414 g/mol. The van der Waals surface area contributed by atoms with Gasteiger partial charge in [0.05, 0.1) is 30.0 Å². The van der Waals surface area contributed by atoms with E-state index in [2.05, 4.69) is 15.0 Å². The van der Waals surface area contributed by atoms with Crippen LogP contribution in [-0.4, -0.2) is 58.2 Å². The van der Waals surface area contributed by atoms with Crippen molar-refractivity contribution in [3.63, 3.8) is 0 Å². The van der Waals surface area contributed by atoms with Gasteiger partial charge in [-0.2, -0.15) is 18.3 Å². The molecule has 28 heavy (non-hydrogen) atoms. The number of nitrogens with two attached hydrogens (primary N) is 1. The van der Waals surface area contributed by atoms with Crippen molar-refractivity contribution in [1.29, 1.82) is 0 Å². The van der Waals surface area contributed by atoms with E-state index in [0.29, 0.717) is 34.8 Å². The Balaban J connectivity index is 1.42. The first-order valence-electron chi connectivity index (χ1n) is 9.18. The summed E-state index contributed by atoms with van der Waals surface area (Å²) in [5.74, 6) is 1.05. The molecule has 2 aliphatic heterocycles. The second-order valence-corrected chi connectivity index (χ2v) is 8.22. The number of piperidine rings is 1. The fourth-order valence-electron chi connectivity index (χ4n) is 4.46. The van der Waals surface area contributed by atoms with E-state index in [1.165, 1.54) is 6.20 Å². The van der Waals surface area contributed by atoms with Gasteiger partial charge in [0.2, 0.25) is 0 Å². The standard InChI is InChI=1S/C18H19ClF3N5O/c19-13-1-9(3-24-17(13)23)14-2-15(27(25-14)8-18(20,21)22)16-11-4-26(5-12(11)16)10-6-28-7-10/h1-3,10-12,16H,4-8H2,(H2,23,24)/t11-,12?,16?/m0/s1. The lowest BCUT2D eigenvalue weighted by Gasteiger charge is -2.35.